The summed E-state index contributed by atoms with van der Waals surface area (Å²) in [5.74, 6) is -2.34. The quantitative estimate of drug-likeness (QED) is 0.518. The van der Waals surface area contributed by atoms with Gasteiger partial charge in [0.1, 0.15) is 6.04 Å². The van der Waals surface area contributed by atoms with Crippen LogP contribution in [0.15, 0.2) is 22.7 Å². The van der Waals surface area contributed by atoms with E-state index in [0.717, 1.165) is 0 Å². The second-order valence-corrected chi connectivity index (χ2v) is 5.07. The Balaban J connectivity index is 2.74. The summed E-state index contributed by atoms with van der Waals surface area (Å²) in [4.78, 5) is 34.1. The number of carbonyl (C=O) groups excluding carboxylic acids is 2. The number of carboxylic acid groups (broad SMARTS) is 1. The van der Waals surface area contributed by atoms with Crippen LogP contribution in [0.5, 0.6) is 0 Å². The molecule has 0 radical (unpaired) electrons. The number of halogens is 1. The van der Waals surface area contributed by atoms with Gasteiger partial charge in [-0.05, 0) is 40.5 Å². The van der Waals surface area contributed by atoms with Gasteiger partial charge in [0.2, 0.25) is 0 Å². The number of hydrogen-bond acceptors (Lipinski definition) is 5. The number of carbonyl (C=O) groups is 3. The highest BCUT2D eigenvalue weighted by Crippen LogP contribution is 2.20. The van der Waals surface area contributed by atoms with Crippen LogP contribution in [0.3, 0.4) is 0 Å². The Morgan fingerprint density at radius 1 is 1.43 bits per heavy atom. The normalized spacial score (nSPS) is 11.5. The van der Waals surface area contributed by atoms with Crippen LogP contribution >= 0.6 is 15.9 Å². The molecule has 0 saturated carbocycles. The van der Waals surface area contributed by atoms with Crippen LogP contribution in [-0.4, -0.2) is 36.1 Å². The molecular weight excluding hydrogens is 344 g/mol. The van der Waals surface area contributed by atoms with Gasteiger partial charge in [-0.2, -0.15) is 0 Å². The van der Waals surface area contributed by atoms with Gasteiger partial charge in [0.05, 0.1) is 7.11 Å². The number of aliphatic carboxylic acids is 1. The Labute approximate surface area is 129 Å². The number of methoxy groups -OCH3 is 1. The second kappa shape index (κ2) is 7.63. The van der Waals surface area contributed by atoms with E-state index >= 15 is 0 Å². The van der Waals surface area contributed by atoms with Crippen molar-refractivity contribution in [2.24, 2.45) is 0 Å². The maximum Gasteiger partial charge on any atom is 0.326 e. The topological polar surface area (TPSA) is 119 Å². The number of nitrogen functional groups attached to an aromatic ring is 1. The van der Waals surface area contributed by atoms with Crippen molar-refractivity contribution >= 4 is 39.5 Å². The molecule has 0 aliphatic rings. The molecule has 4 N–H and O–H groups in total. The van der Waals surface area contributed by atoms with Crippen LogP contribution in [0.25, 0.3) is 0 Å². The van der Waals surface area contributed by atoms with Crippen LogP contribution < -0.4 is 11.1 Å². The molecule has 0 aromatic heterocycles. The van der Waals surface area contributed by atoms with Crippen molar-refractivity contribution in [3.8, 4) is 0 Å². The van der Waals surface area contributed by atoms with E-state index in [1.807, 2.05) is 0 Å². The third-order valence-electron chi connectivity index (χ3n) is 2.73. The highest BCUT2D eigenvalue weighted by atomic mass is 79.9. The van der Waals surface area contributed by atoms with Gasteiger partial charge in [0.15, 0.2) is 0 Å². The van der Waals surface area contributed by atoms with E-state index in [9.17, 15) is 14.4 Å². The van der Waals surface area contributed by atoms with E-state index in [-0.39, 0.29) is 18.4 Å². The number of esters is 1. The molecule has 0 heterocycles. The van der Waals surface area contributed by atoms with Gasteiger partial charge in [-0.15, -0.1) is 0 Å². The first-order valence-electron chi connectivity index (χ1n) is 6.00. The highest BCUT2D eigenvalue weighted by molar-refractivity contribution is 9.10. The Bertz CT molecular complexity index is 561. The number of amides is 1. The Hall–Kier alpha value is -2.09. The zero-order chi connectivity index (χ0) is 16.0. The van der Waals surface area contributed by atoms with Crippen LogP contribution in [0.2, 0.25) is 0 Å². The van der Waals surface area contributed by atoms with Crippen molar-refractivity contribution < 1.29 is 24.2 Å². The number of benzene rings is 1. The maximum atomic E-state index is 12.0. The molecule has 21 heavy (non-hydrogen) atoms. The van der Waals surface area contributed by atoms with E-state index < -0.39 is 23.9 Å². The SMILES string of the molecule is COC(=O)CC[C@@H](NC(=O)c1ccc(Br)c(N)c1)C(=O)O. The molecule has 7 nitrogen and oxygen atoms in total. The number of nitrogens with two attached hydrogens (primary N) is 1. The average molecular weight is 359 g/mol. The van der Waals surface area contributed by atoms with E-state index in [1.165, 1.54) is 19.2 Å². The molecule has 0 spiro atoms. The van der Waals surface area contributed by atoms with E-state index in [2.05, 4.69) is 26.0 Å². The van der Waals surface area contributed by atoms with Crippen LogP contribution in [0.4, 0.5) is 5.69 Å². The number of rotatable bonds is 6. The zero-order valence-corrected chi connectivity index (χ0v) is 12.8. The van der Waals surface area contributed by atoms with Crippen molar-refractivity contribution in [2.75, 3.05) is 12.8 Å². The molecule has 1 rings (SSSR count). The van der Waals surface area contributed by atoms with Crippen molar-refractivity contribution in [2.45, 2.75) is 18.9 Å². The van der Waals surface area contributed by atoms with Crippen molar-refractivity contribution in [1.29, 1.82) is 0 Å². The van der Waals surface area contributed by atoms with Gasteiger partial charge < -0.3 is 20.9 Å². The fourth-order valence-electron chi connectivity index (χ4n) is 1.55. The summed E-state index contributed by atoms with van der Waals surface area (Å²) in [6, 6.07) is 3.35. The molecule has 0 aliphatic carbocycles. The van der Waals surface area contributed by atoms with Crippen molar-refractivity contribution in [3.63, 3.8) is 0 Å². The average Bonchev–Trinajstić information content (AvgIpc) is 2.45. The van der Waals surface area contributed by atoms with Crippen LogP contribution in [0.1, 0.15) is 23.2 Å². The number of ether oxygens (including phenoxy) is 1. The predicted molar refractivity (Wildman–Crippen MR) is 78.7 cm³/mol. The Kier molecular flexibility index (Phi) is 6.16. The molecule has 8 heteroatoms. The Morgan fingerprint density at radius 2 is 2.10 bits per heavy atom. The molecule has 1 aromatic carbocycles. The molecule has 0 saturated heterocycles. The smallest absolute Gasteiger partial charge is 0.326 e. The van der Waals surface area contributed by atoms with E-state index in [0.29, 0.717) is 10.2 Å². The molecular formula is C13H15BrN2O5. The second-order valence-electron chi connectivity index (χ2n) is 4.22. The lowest BCUT2D eigenvalue weighted by Crippen LogP contribution is -2.41. The minimum atomic E-state index is -1.22. The monoisotopic (exact) mass is 358 g/mol. The minimum Gasteiger partial charge on any atom is -0.480 e. The summed E-state index contributed by atoms with van der Waals surface area (Å²) in [5, 5.41) is 11.4. The fraction of sp³-hybridized carbons (Fsp3) is 0.308. The predicted octanol–water partition coefficient (Wildman–Crippen LogP) is 1.17. The van der Waals surface area contributed by atoms with Crippen LogP contribution in [0, 0.1) is 0 Å². The standard InChI is InChI=1S/C13H15BrN2O5/c1-21-11(17)5-4-10(13(19)20)16-12(18)7-2-3-8(14)9(15)6-7/h2-3,6,10H,4-5,15H2,1H3,(H,16,18)(H,19,20)/t10-/m1/s1. The lowest BCUT2D eigenvalue weighted by molar-refractivity contribution is -0.142. The molecule has 1 amide bonds. The summed E-state index contributed by atoms with van der Waals surface area (Å²) in [7, 11) is 1.21. The number of hydrogen-bond donors (Lipinski definition) is 3. The first kappa shape index (κ1) is 17.0. The third-order valence-corrected chi connectivity index (χ3v) is 3.45. The molecule has 1 aromatic rings. The van der Waals surface area contributed by atoms with E-state index in [1.54, 1.807) is 6.07 Å². The lowest BCUT2D eigenvalue weighted by Gasteiger charge is -2.14. The summed E-state index contributed by atoms with van der Waals surface area (Å²) in [6.45, 7) is 0. The number of anilines is 1. The van der Waals surface area contributed by atoms with Crippen LogP contribution in [-0.2, 0) is 14.3 Å². The van der Waals surface area contributed by atoms with Crippen molar-refractivity contribution in [3.05, 3.63) is 28.2 Å². The molecule has 0 fully saturated rings. The first-order valence-corrected chi connectivity index (χ1v) is 6.80. The zero-order valence-electron chi connectivity index (χ0n) is 11.3. The summed E-state index contributed by atoms with van der Waals surface area (Å²) >= 11 is 3.20. The molecule has 0 bridgehead atoms. The summed E-state index contributed by atoms with van der Waals surface area (Å²) < 4.78 is 5.07. The van der Waals surface area contributed by atoms with Crippen molar-refractivity contribution in [1.82, 2.24) is 5.32 Å². The van der Waals surface area contributed by atoms with Gasteiger partial charge in [0, 0.05) is 22.1 Å². The molecule has 114 valence electrons. The highest BCUT2D eigenvalue weighted by Gasteiger charge is 2.22. The summed E-state index contributed by atoms with van der Waals surface area (Å²) in [5.41, 5.74) is 6.26. The van der Waals surface area contributed by atoms with Gasteiger partial charge in [0.25, 0.3) is 5.91 Å². The third kappa shape index (κ3) is 5.07. The molecule has 1 atom stereocenters. The first-order chi connectivity index (χ1) is 9.85. The van der Waals surface area contributed by atoms with Gasteiger partial charge >= 0.3 is 11.9 Å². The minimum absolute atomic E-state index is 0.0558. The number of nitrogens with one attached hydrogen (secondary N) is 1. The van der Waals surface area contributed by atoms with Gasteiger partial charge in [-0.3, -0.25) is 9.59 Å². The Morgan fingerprint density at radius 3 is 2.62 bits per heavy atom. The molecule has 0 aliphatic heterocycles. The lowest BCUT2D eigenvalue weighted by atomic mass is 10.1. The van der Waals surface area contributed by atoms with E-state index in [4.69, 9.17) is 10.8 Å². The van der Waals surface area contributed by atoms with Gasteiger partial charge in [-0.1, -0.05) is 0 Å². The largest absolute Gasteiger partial charge is 0.480 e. The maximum absolute atomic E-state index is 12.0. The van der Waals surface area contributed by atoms with Gasteiger partial charge in [-0.25, -0.2) is 4.79 Å². The summed E-state index contributed by atoms with van der Waals surface area (Å²) in [6.07, 6.45) is -0.157. The molecule has 0 unspecified atom stereocenters. The number of carboxylic acids is 1. The fourth-order valence-corrected chi connectivity index (χ4v) is 1.79.